The van der Waals surface area contributed by atoms with Gasteiger partial charge in [-0.25, -0.2) is 0 Å². The molecule has 1 saturated carbocycles. The van der Waals surface area contributed by atoms with Crippen LogP contribution in [-0.4, -0.2) is 18.3 Å². The first-order valence-electron chi connectivity index (χ1n) is 11.3. The van der Waals surface area contributed by atoms with Gasteiger partial charge in [0.25, 0.3) is 0 Å². The molecule has 0 bridgehead atoms. The highest BCUT2D eigenvalue weighted by Crippen LogP contribution is 2.61. The maximum Gasteiger partial charge on any atom is 0.0858 e. The molecule has 0 heterocycles. The van der Waals surface area contributed by atoms with Crippen molar-refractivity contribution in [1.82, 2.24) is 0 Å². The Hall–Kier alpha value is -1.64. The van der Waals surface area contributed by atoms with Gasteiger partial charge in [0.1, 0.15) is 0 Å². The third-order valence-corrected chi connectivity index (χ3v) is 8.03. The number of aliphatic hydroxyl groups is 1. The number of fused-ring (bicyclic) bond motifs is 3. The van der Waals surface area contributed by atoms with Gasteiger partial charge < -0.3 is 9.84 Å². The third-order valence-electron chi connectivity index (χ3n) is 8.03. The smallest absolute Gasteiger partial charge is 0.0858 e. The van der Waals surface area contributed by atoms with Crippen molar-refractivity contribution in [2.45, 2.75) is 64.4 Å². The number of rotatable bonds is 6. The molecule has 2 heteroatoms. The summed E-state index contributed by atoms with van der Waals surface area (Å²) in [5.41, 5.74) is 4.85. The highest BCUT2D eigenvalue weighted by molar-refractivity contribution is 5.39. The first-order chi connectivity index (χ1) is 14.0. The van der Waals surface area contributed by atoms with Gasteiger partial charge in [-0.2, -0.15) is 0 Å². The molecule has 2 aliphatic rings. The van der Waals surface area contributed by atoms with Crippen LogP contribution in [0, 0.1) is 17.3 Å². The summed E-state index contributed by atoms with van der Waals surface area (Å²) in [6.07, 6.45) is 5.64. The van der Waals surface area contributed by atoms with Gasteiger partial charge in [0, 0.05) is 13.2 Å². The van der Waals surface area contributed by atoms with Crippen LogP contribution >= 0.6 is 0 Å². The molecule has 0 aromatic heterocycles. The van der Waals surface area contributed by atoms with Crippen LogP contribution < -0.4 is 0 Å². The second kappa shape index (κ2) is 8.24. The second-order valence-electron chi connectivity index (χ2n) is 9.91. The molecule has 2 aromatic rings. The highest BCUT2D eigenvalue weighted by Gasteiger charge is 2.55. The monoisotopic (exact) mass is 392 g/mol. The van der Waals surface area contributed by atoms with Crippen LogP contribution in [-0.2, 0) is 16.6 Å². The SMILES string of the molecule is CC1(C)[C@@H](C(OCCCO)c2ccccc2)CC[C@]2(C)c3ccccc3CC[C@@H]12. The zero-order chi connectivity index (χ0) is 20.5. The van der Waals surface area contributed by atoms with Crippen molar-refractivity contribution in [3.05, 3.63) is 71.3 Å². The standard InChI is InChI=1S/C27H36O2/c1-26(2)23(25(29-19-9-18-28)21-11-5-4-6-12-21)16-17-27(3)22-13-8-7-10-20(22)14-15-24(26)27/h4-8,10-13,23-25,28H,9,14-19H2,1-3H3/t23-,24+,25?,27-/m1/s1. The minimum Gasteiger partial charge on any atom is -0.396 e. The van der Waals surface area contributed by atoms with E-state index < -0.39 is 0 Å². The molecule has 0 saturated heterocycles. The van der Waals surface area contributed by atoms with E-state index in [1.165, 1.54) is 31.2 Å². The van der Waals surface area contributed by atoms with E-state index in [1.54, 1.807) is 11.1 Å². The van der Waals surface area contributed by atoms with Crippen molar-refractivity contribution in [2.24, 2.45) is 17.3 Å². The summed E-state index contributed by atoms with van der Waals surface area (Å²) in [5, 5.41) is 9.26. The Morgan fingerprint density at radius 1 is 1.00 bits per heavy atom. The minimum absolute atomic E-state index is 0.0967. The molecule has 1 fully saturated rings. The molecular formula is C27H36O2. The molecule has 1 unspecified atom stereocenters. The number of hydrogen-bond donors (Lipinski definition) is 1. The van der Waals surface area contributed by atoms with E-state index in [0.29, 0.717) is 24.9 Å². The summed E-state index contributed by atoms with van der Waals surface area (Å²) in [5.74, 6) is 1.13. The molecule has 4 rings (SSSR count). The topological polar surface area (TPSA) is 29.5 Å². The molecule has 2 aliphatic carbocycles. The lowest BCUT2D eigenvalue weighted by atomic mass is 9.46. The van der Waals surface area contributed by atoms with Crippen LogP contribution in [0.25, 0.3) is 0 Å². The predicted molar refractivity (Wildman–Crippen MR) is 119 cm³/mol. The predicted octanol–water partition coefficient (Wildman–Crippen LogP) is 6.08. The zero-order valence-corrected chi connectivity index (χ0v) is 18.2. The van der Waals surface area contributed by atoms with Crippen molar-refractivity contribution in [1.29, 1.82) is 0 Å². The maximum absolute atomic E-state index is 9.26. The first-order valence-corrected chi connectivity index (χ1v) is 11.3. The summed E-state index contributed by atoms with van der Waals surface area (Å²) < 4.78 is 6.47. The lowest BCUT2D eigenvalue weighted by molar-refractivity contribution is -0.100. The van der Waals surface area contributed by atoms with Crippen molar-refractivity contribution in [2.75, 3.05) is 13.2 Å². The van der Waals surface area contributed by atoms with Crippen LogP contribution in [0.15, 0.2) is 54.6 Å². The van der Waals surface area contributed by atoms with Crippen LogP contribution in [0.3, 0.4) is 0 Å². The number of hydrogen-bond acceptors (Lipinski definition) is 2. The summed E-state index contributed by atoms with van der Waals surface area (Å²) in [6.45, 7) is 8.29. The van der Waals surface area contributed by atoms with Gasteiger partial charge in [-0.1, -0.05) is 75.4 Å². The molecule has 4 atom stereocenters. The molecule has 29 heavy (non-hydrogen) atoms. The van der Waals surface area contributed by atoms with Crippen molar-refractivity contribution >= 4 is 0 Å². The van der Waals surface area contributed by atoms with E-state index in [9.17, 15) is 5.11 Å². The zero-order valence-electron chi connectivity index (χ0n) is 18.2. The van der Waals surface area contributed by atoms with E-state index in [1.807, 2.05) is 0 Å². The van der Waals surface area contributed by atoms with E-state index in [2.05, 4.69) is 75.4 Å². The summed E-state index contributed by atoms with van der Waals surface area (Å²) in [6, 6.07) is 19.9. The van der Waals surface area contributed by atoms with Gasteiger partial charge in [0.15, 0.2) is 0 Å². The maximum atomic E-state index is 9.26. The van der Waals surface area contributed by atoms with Crippen LogP contribution in [0.4, 0.5) is 0 Å². The fraction of sp³-hybridized carbons (Fsp3) is 0.556. The molecule has 156 valence electrons. The Bertz CT molecular complexity index is 812. The van der Waals surface area contributed by atoms with E-state index in [0.717, 1.165) is 0 Å². The Morgan fingerprint density at radius 2 is 1.72 bits per heavy atom. The van der Waals surface area contributed by atoms with E-state index in [-0.39, 0.29) is 23.5 Å². The molecule has 0 amide bonds. The molecule has 2 nitrogen and oxygen atoms in total. The molecule has 2 aromatic carbocycles. The summed E-state index contributed by atoms with van der Waals surface area (Å²) in [4.78, 5) is 0. The van der Waals surface area contributed by atoms with Crippen LogP contribution in [0.1, 0.15) is 69.2 Å². The van der Waals surface area contributed by atoms with Gasteiger partial charge in [0.2, 0.25) is 0 Å². The lowest BCUT2D eigenvalue weighted by Crippen LogP contribution is -2.53. The van der Waals surface area contributed by atoms with Crippen LogP contribution in [0.5, 0.6) is 0 Å². The van der Waals surface area contributed by atoms with Gasteiger partial charge in [-0.15, -0.1) is 0 Å². The fourth-order valence-corrected chi connectivity index (χ4v) is 6.59. The third kappa shape index (κ3) is 3.66. The molecule has 0 spiro atoms. The number of ether oxygens (including phenoxy) is 1. The molecule has 1 N–H and O–H groups in total. The van der Waals surface area contributed by atoms with E-state index >= 15 is 0 Å². The van der Waals surface area contributed by atoms with Gasteiger partial charge >= 0.3 is 0 Å². The average Bonchev–Trinajstić information content (AvgIpc) is 2.73. The molecular weight excluding hydrogens is 356 g/mol. The molecule has 0 radical (unpaired) electrons. The largest absolute Gasteiger partial charge is 0.396 e. The van der Waals surface area contributed by atoms with Gasteiger partial charge in [0.05, 0.1) is 6.10 Å². The second-order valence-corrected chi connectivity index (χ2v) is 9.91. The van der Waals surface area contributed by atoms with Gasteiger partial charge in [-0.3, -0.25) is 0 Å². The Morgan fingerprint density at radius 3 is 2.48 bits per heavy atom. The normalized spacial score (nSPS) is 29.0. The number of aryl methyl sites for hydroxylation is 1. The Labute approximate surface area is 176 Å². The Kier molecular flexibility index (Phi) is 5.86. The van der Waals surface area contributed by atoms with E-state index in [4.69, 9.17) is 4.74 Å². The fourth-order valence-electron chi connectivity index (χ4n) is 6.59. The summed E-state index contributed by atoms with van der Waals surface area (Å²) >= 11 is 0. The quantitative estimate of drug-likeness (QED) is 0.603. The molecule has 0 aliphatic heterocycles. The van der Waals surface area contributed by atoms with Crippen molar-refractivity contribution in [3.8, 4) is 0 Å². The summed E-state index contributed by atoms with van der Waals surface area (Å²) in [7, 11) is 0. The van der Waals surface area contributed by atoms with Crippen LogP contribution in [0.2, 0.25) is 0 Å². The number of aliphatic hydroxyl groups excluding tert-OH is 1. The Balaban J connectivity index is 1.67. The lowest BCUT2D eigenvalue weighted by Gasteiger charge is -2.59. The van der Waals surface area contributed by atoms with Gasteiger partial charge in [-0.05, 0) is 71.5 Å². The van der Waals surface area contributed by atoms with Crippen molar-refractivity contribution < 1.29 is 9.84 Å². The van der Waals surface area contributed by atoms with Crippen molar-refractivity contribution in [3.63, 3.8) is 0 Å². The average molecular weight is 393 g/mol. The minimum atomic E-state index is 0.0967. The first kappa shape index (κ1) is 20.6. The highest BCUT2D eigenvalue weighted by atomic mass is 16.5. The number of benzene rings is 2.